The summed E-state index contributed by atoms with van der Waals surface area (Å²) in [7, 11) is 0. The first-order chi connectivity index (χ1) is 12.7. The smallest absolute Gasteiger partial charge is 0.277 e. The number of benzene rings is 3. The molecule has 26 heavy (non-hydrogen) atoms. The fourth-order valence-corrected chi connectivity index (χ4v) is 2.68. The molecule has 0 radical (unpaired) electrons. The van der Waals surface area contributed by atoms with Crippen molar-refractivity contribution in [3.8, 4) is 5.75 Å². The molecular weight excluding hydrogens is 348 g/mol. The Labute approximate surface area is 157 Å². The molecule has 0 aliphatic carbocycles. The van der Waals surface area contributed by atoms with Crippen LogP contribution in [0.3, 0.4) is 0 Å². The van der Waals surface area contributed by atoms with E-state index in [1.165, 1.54) is 0 Å². The summed E-state index contributed by atoms with van der Waals surface area (Å²) in [6.07, 6.45) is 0.688. The summed E-state index contributed by atoms with van der Waals surface area (Å²) in [5.74, 6) is 0.342. The van der Waals surface area contributed by atoms with Crippen LogP contribution >= 0.6 is 11.6 Å². The Bertz CT molecular complexity index is 936. The van der Waals surface area contributed by atoms with Gasteiger partial charge in [0.15, 0.2) is 6.61 Å². The predicted octanol–water partition coefficient (Wildman–Crippen LogP) is 4.80. The van der Waals surface area contributed by atoms with Crippen LogP contribution in [-0.4, -0.2) is 18.2 Å². The molecule has 0 fully saturated rings. The van der Waals surface area contributed by atoms with E-state index in [0.717, 1.165) is 22.0 Å². The van der Waals surface area contributed by atoms with Crippen LogP contribution < -0.4 is 10.2 Å². The van der Waals surface area contributed by atoms with Crippen LogP contribution in [0.4, 0.5) is 0 Å². The average molecular weight is 367 g/mol. The van der Waals surface area contributed by atoms with Gasteiger partial charge in [-0.2, -0.15) is 5.10 Å². The van der Waals surface area contributed by atoms with E-state index in [9.17, 15) is 4.79 Å². The second kappa shape index (κ2) is 8.50. The summed E-state index contributed by atoms with van der Waals surface area (Å²) in [6.45, 7) is 1.88. The Morgan fingerprint density at radius 2 is 1.77 bits per heavy atom. The number of hydrogen-bond donors (Lipinski definition) is 1. The van der Waals surface area contributed by atoms with Crippen LogP contribution in [0.15, 0.2) is 71.8 Å². The molecule has 0 heterocycles. The number of carbonyl (C=O) groups excluding carboxylic acids is 1. The molecule has 0 aliphatic rings. The van der Waals surface area contributed by atoms with Crippen molar-refractivity contribution in [3.63, 3.8) is 0 Å². The lowest BCUT2D eigenvalue weighted by molar-refractivity contribution is -0.123. The Balaban J connectivity index is 1.59. The molecule has 0 saturated carbocycles. The topological polar surface area (TPSA) is 50.7 Å². The monoisotopic (exact) mass is 366 g/mol. The highest BCUT2D eigenvalue weighted by molar-refractivity contribution is 6.30. The van der Waals surface area contributed by atoms with Gasteiger partial charge in [0.1, 0.15) is 5.75 Å². The molecule has 1 amide bonds. The number of amides is 1. The number of nitrogens with one attached hydrogen (secondary N) is 1. The van der Waals surface area contributed by atoms with Gasteiger partial charge < -0.3 is 4.74 Å². The van der Waals surface area contributed by atoms with Gasteiger partial charge in [-0.3, -0.25) is 4.79 Å². The Morgan fingerprint density at radius 3 is 2.50 bits per heavy atom. The standard InChI is InChI=1S/C21H19ClN2O2/c1-2-20(16-7-10-18(22)11-8-16)23-24-21(25)14-26-19-12-9-15-5-3-4-6-17(15)13-19/h3-13H,2,14H2,1H3,(H,24,25)/b23-20+. The number of hydrazone groups is 1. The largest absolute Gasteiger partial charge is 0.484 e. The number of ether oxygens (including phenoxy) is 1. The van der Waals surface area contributed by atoms with Crippen molar-refractivity contribution >= 4 is 34.0 Å². The van der Waals surface area contributed by atoms with E-state index in [1.807, 2.05) is 61.5 Å². The third kappa shape index (κ3) is 4.61. The SMILES string of the molecule is CC/C(=N\NC(=O)COc1ccc2ccccc2c1)c1ccc(Cl)cc1. The van der Waals surface area contributed by atoms with E-state index in [-0.39, 0.29) is 12.5 Å². The molecular formula is C21H19ClN2O2. The van der Waals surface area contributed by atoms with Crippen LogP contribution in [0.2, 0.25) is 5.02 Å². The zero-order valence-corrected chi connectivity index (χ0v) is 15.2. The first kappa shape index (κ1) is 18.0. The maximum absolute atomic E-state index is 12.0. The molecule has 0 aliphatic heterocycles. The fourth-order valence-electron chi connectivity index (χ4n) is 2.56. The lowest BCUT2D eigenvalue weighted by Crippen LogP contribution is -2.26. The second-order valence-corrected chi connectivity index (χ2v) is 6.19. The van der Waals surface area contributed by atoms with Crippen LogP contribution in [0.25, 0.3) is 10.8 Å². The third-order valence-electron chi connectivity index (χ3n) is 3.92. The molecule has 0 aromatic heterocycles. The van der Waals surface area contributed by atoms with Crippen molar-refractivity contribution in [1.82, 2.24) is 5.43 Å². The van der Waals surface area contributed by atoms with Crippen LogP contribution in [0, 0.1) is 0 Å². The minimum Gasteiger partial charge on any atom is -0.484 e. The van der Waals surface area contributed by atoms with Gasteiger partial charge in [-0.05, 0) is 47.0 Å². The van der Waals surface area contributed by atoms with Gasteiger partial charge in [0.2, 0.25) is 0 Å². The Kier molecular flexibility index (Phi) is 5.87. The average Bonchev–Trinajstić information content (AvgIpc) is 2.68. The zero-order valence-electron chi connectivity index (χ0n) is 14.4. The number of rotatable bonds is 6. The number of carbonyl (C=O) groups is 1. The number of halogens is 1. The fraction of sp³-hybridized carbons (Fsp3) is 0.143. The van der Waals surface area contributed by atoms with E-state index >= 15 is 0 Å². The summed E-state index contributed by atoms with van der Waals surface area (Å²) < 4.78 is 5.56. The van der Waals surface area contributed by atoms with Crippen molar-refractivity contribution in [2.24, 2.45) is 5.10 Å². The van der Waals surface area contributed by atoms with E-state index in [4.69, 9.17) is 16.3 Å². The number of nitrogens with zero attached hydrogens (tertiary/aromatic N) is 1. The first-order valence-corrected chi connectivity index (χ1v) is 8.76. The van der Waals surface area contributed by atoms with Gasteiger partial charge in [0.25, 0.3) is 5.91 Å². The quantitative estimate of drug-likeness (QED) is 0.503. The molecule has 3 rings (SSSR count). The van der Waals surface area contributed by atoms with Gasteiger partial charge >= 0.3 is 0 Å². The third-order valence-corrected chi connectivity index (χ3v) is 4.17. The van der Waals surface area contributed by atoms with Gasteiger partial charge in [0, 0.05) is 5.02 Å². The second-order valence-electron chi connectivity index (χ2n) is 5.75. The minimum atomic E-state index is -0.307. The Morgan fingerprint density at radius 1 is 1.04 bits per heavy atom. The molecule has 0 saturated heterocycles. The van der Waals surface area contributed by atoms with Crippen LogP contribution in [-0.2, 0) is 4.79 Å². The van der Waals surface area contributed by atoms with E-state index < -0.39 is 0 Å². The summed E-state index contributed by atoms with van der Waals surface area (Å²) in [5.41, 5.74) is 4.25. The molecule has 0 atom stereocenters. The molecule has 0 spiro atoms. The van der Waals surface area contributed by atoms with Crippen LogP contribution in [0.1, 0.15) is 18.9 Å². The molecule has 5 heteroatoms. The molecule has 3 aromatic carbocycles. The van der Waals surface area contributed by atoms with Crippen molar-refractivity contribution in [2.75, 3.05) is 6.61 Å². The normalized spacial score (nSPS) is 11.4. The number of fused-ring (bicyclic) bond motifs is 1. The molecule has 0 unspecified atom stereocenters. The maximum atomic E-state index is 12.0. The molecule has 4 nitrogen and oxygen atoms in total. The van der Waals surface area contributed by atoms with Gasteiger partial charge in [-0.15, -0.1) is 0 Å². The lowest BCUT2D eigenvalue weighted by Gasteiger charge is -2.08. The zero-order chi connectivity index (χ0) is 18.4. The minimum absolute atomic E-state index is 0.0978. The van der Waals surface area contributed by atoms with E-state index in [0.29, 0.717) is 17.2 Å². The van der Waals surface area contributed by atoms with Crippen LogP contribution in [0.5, 0.6) is 5.75 Å². The molecule has 1 N–H and O–H groups in total. The molecule has 3 aromatic rings. The lowest BCUT2D eigenvalue weighted by atomic mass is 10.1. The molecule has 0 bridgehead atoms. The summed E-state index contributed by atoms with van der Waals surface area (Å²) in [5, 5.41) is 7.06. The van der Waals surface area contributed by atoms with E-state index in [2.05, 4.69) is 10.5 Å². The van der Waals surface area contributed by atoms with Gasteiger partial charge in [0.05, 0.1) is 5.71 Å². The molecule has 132 valence electrons. The summed E-state index contributed by atoms with van der Waals surface area (Å²) in [4.78, 5) is 12.0. The predicted molar refractivity (Wildman–Crippen MR) is 106 cm³/mol. The highest BCUT2D eigenvalue weighted by Gasteiger charge is 2.05. The highest BCUT2D eigenvalue weighted by Crippen LogP contribution is 2.20. The Hall–Kier alpha value is -2.85. The maximum Gasteiger partial charge on any atom is 0.277 e. The summed E-state index contributed by atoms with van der Waals surface area (Å²) >= 11 is 5.90. The van der Waals surface area contributed by atoms with Crippen molar-refractivity contribution in [1.29, 1.82) is 0 Å². The van der Waals surface area contributed by atoms with Crippen molar-refractivity contribution < 1.29 is 9.53 Å². The summed E-state index contributed by atoms with van der Waals surface area (Å²) in [6, 6.07) is 21.1. The van der Waals surface area contributed by atoms with Crippen molar-refractivity contribution in [2.45, 2.75) is 13.3 Å². The number of hydrogen-bond acceptors (Lipinski definition) is 3. The first-order valence-electron chi connectivity index (χ1n) is 8.38. The van der Waals surface area contributed by atoms with Gasteiger partial charge in [-0.25, -0.2) is 5.43 Å². The van der Waals surface area contributed by atoms with Crippen molar-refractivity contribution in [3.05, 3.63) is 77.3 Å². The van der Waals surface area contributed by atoms with E-state index in [1.54, 1.807) is 12.1 Å². The van der Waals surface area contributed by atoms with Gasteiger partial charge in [-0.1, -0.05) is 61.0 Å². The highest BCUT2D eigenvalue weighted by atomic mass is 35.5.